The van der Waals surface area contributed by atoms with Crippen LogP contribution in [0.3, 0.4) is 0 Å². The van der Waals surface area contributed by atoms with E-state index in [2.05, 4.69) is 19.6 Å². The molecule has 0 aliphatic carbocycles. The Kier molecular flexibility index (Phi) is 6.28. The maximum absolute atomic E-state index is 14.6. The lowest BCUT2D eigenvalue weighted by Gasteiger charge is -2.10. The van der Waals surface area contributed by atoms with Gasteiger partial charge in [0, 0.05) is 23.6 Å². The van der Waals surface area contributed by atoms with E-state index in [1.807, 2.05) is 0 Å². The third kappa shape index (κ3) is 5.45. The SMILES string of the molecule is CS(=O)(Cc1ccnc(Nc2cc(-c3ccc(F)c4ccoc34)c(F)cn2)c1)=NC(=O)C(F)(F)F. The van der Waals surface area contributed by atoms with E-state index in [0.717, 1.165) is 12.5 Å². The third-order valence-electron chi connectivity index (χ3n) is 4.74. The van der Waals surface area contributed by atoms with Gasteiger partial charge in [-0.1, -0.05) is 0 Å². The molecule has 0 saturated carbocycles. The Labute approximate surface area is 195 Å². The lowest BCUT2D eigenvalue weighted by Crippen LogP contribution is -2.22. The molecule has 0 spiro atoms. The fourth-order valence-electron chi connectivity index (χ4n) is 3.29. The number of halogens is 5. The summed E-state index contributed by atoms with van der Waals surface area (Å²) in [6, 6.07) is 8.09. The van der Waals surface area contributed by atoms with Crippen LogP contribution in [0.25, 0.3) is 22.1 Å². The Morgan fingerprint density at radius 3 is 2.54 bits per heavy atom. The third-order valence-corrected chi connectivity index (χ3v) is 6.16. The fraction of sp³-hybridized carbons (Fsp3) is 0.136. The van der Waals surface area contributed by atoms with Gasteiger partial charge in [-0.15, -0.1) is 0 Å². The van der Waals surface area contributed by atoms with Crippen LogP contribution in [0.4, 0.5) is 33.6 Å². The molecule has 1 N–H and O–H groups in total. The molecule has 0 aliphatic heterocycles. The lowest BCUT2D eigenvalue weighted by molar-refractivity contribution is -0.169. The summed E-state index contributed by atoms with van der Waals surface area (Å²) in [6.45, 7) is 0. The number of hydrogen-bond acceptors (Lipinski definition) is 6. The van der Waals surface area contributed by atoms with Gasteiger partial charge in [-0.25, -0.2) is 23.0 Å². The Hall–Kier alpha value is -3.87. The van der Waals surface area contributed by atoms with Gasteiger partial charge in [0.1, 0.15) is 28.9 Å². The summed E-state index contributed by atoms with van der Waals surface area (Å²) in [6.07, 6.45) is -0.752. The van der Waals surface area contributed by atoms with Gasteiger partial charge >= 0.3 is 12.1 Å². The summed E-state index contributed by atoms with van der Waals surface area (Å²) in [5, 5.41) is 3.00. The van der Waals surface area contributed by atoms with Crippen LogP contribution in [0.15, 0.2) is 63.8 Å². The minimum Gasteiger partial charge on any atom is -0.464 e. The molecule has 0 radical (unpaired) electrons. The van der Waals surface area contributed by atoms with Crippen LogP contribution in [0.5, 0.6) is 0 Å². The molecule has 1 amide bonds. The van der Waals surface area contributed by atoms with E-state index in [4.69, 9.17) is 4.42 Å². The zero-order valence-electron chi connectivity index (χ0n) is 17.8. The summed E-state index contributed by atoms with van der Waals surface area (Å²) in [5.41, 5.74) is 0.792. The average Bonchev–Trinajstić information content (AvgIpc) is 3.25. The molecule has 1 aromatic carbocycles. The number of amides is 1. The molecule has 7 nitrogen and oxygen atoms in total. The zero-order chi connectivity index (χ0) is 25.4. The van der Waals surface area contributed by atoms with Crippen molar-refractivity contribution in [3.05, 3.63) is 72.3 Å². The molecule has 0 bridgehead atoms. The summed E-state index contributed by atoms with van der Waals surface area (Å²) in [7, 11) is -3.53. The van der Waals surface area contributed by atoms with Crippen molar-refractivity contribution in [2.24, 2.45) is 4.36 Å². The highest BCUT2D eigenvalue weighted by Gasteiger charge is 2.39. The van der Waals surface area contributed by atoms with Crippen LogP contribution in [0.1, 0.15) is 5.56 Å². The van der Waals surface area contributed by atoms with E-state index in [0.29, 0.717) is 0 Å². The standard InChI is InChI=1S/C22H15F5N4O3S/c1-35(33,31-21(32)22(25,26)27)11-12-4-6-28-18(8-12)30-19-9-15(17(24)10-29-19)13-2-3-16(23)14-5-7-34-20(13)14/h2-10H,11H2,1H3,(H,28,29,30). The predicted molar refractivity (Wildman–Crippen MR) is 118 cm³/mol. The van der Waals surface area contributed by atoms with E-state index in [1.54, 1.807) is 0 Å². The Morgan fingerprint density at radius 1 is 1.06 bits per heavy atom. The van der Waals surface area contributed by atoms with Gasteiger partial charge in [-0.2, -0.15) is 17.5 Å². The molecular formula is C22H15F5N4O3S. The maximum Gasteiger partial charge on any atom is 0.474 e. The topological polar surface area (TPSA) is 97.5 Å². The molecule has 13 heteroatoms. The van der Waals surface area contributed by atoms with Crippen LogP contribution in [0.2, 0.25) is 0 Å². The van der Waals surface area contributed by atoms with Crippen LogP contribution in [0, 0.1) is 11.6 Å². The van der Waals surface area contributed by atoms with Crippen molar-refractivity contribution in [1.82, 2.24) is 9.97 Å². The highest BCUT2D eigenvalue weighted by Crippen LogP contribution is 2.34. The number of carbonyl (C=O) groups excluding carboxylic acids is 1. The van der Waals surface area contributed by atoms with Crippen LogP contribution < -0.4 is 5.32 Å². The number of furan rings is 1. The highest BCUT2D eigenvalue weighted by atomic mass is 32.2. The first-order chi connectivity index (χ1) is 16.4. The molecule has 4 aromatic rings. The van der Waals surface area contributed by atoms with Crippen molar-refractivity contribution in [3.8, 4) is 11.1 Å². The molecule has 3 heterocycles. The molecule has 1 unspecified atom stereocenters. The van der Waals surface area contributed by atoms with Crippen LogP contribution in [-0.4, -0.2) is 32.5 Å². The number of anilines is 2. The van der Waals surface area contributed by atoms with Crippen LogP contribution in [-0.2, 0) is 20.3 Å². The van der Waals surface area contributed by atoms with Gasteiger partial charge in [0.05, 0.1) is 33.3 Å². The highest BCUT2D eigenvalue weighted by molar-refractivity contribution is 7.92. The number of hydrogen-bond donors (Lipinski definition) is 1. The Morgan fingerprint density at radius 2 is 1.80 bits per heavy atom. The molecule has 3 aromatic heterocycles. The molecule has 182 valence electrons. The summed E-state index contributed by atoms with van der Waals surface area (Å²) < 4.78 is 86.4. The normalized spacial score (nSPS) is 13.4. The Balaban J connectivity index is 1.61. The number of benzene rings is 1. The number of pyridine rings is 2. The van der Waals surface area contributed by atoms with Crippen molar-refractivity contribution in [2.45, 2.75) is 11.9 Å². The Bertz CT molecular complexity index is 1560. The number of nitrogens with one attached hydrogen (secondary N) is 1. The van der Waals surface area contributed by atoms with E-state index < -0.39 is 39.2 Å². The van der Waals surface area contributed by atoms with Crippen LogP contribution >= 0.6 is 0 Å². The van der Waals surface area contributed by atoms with E-state index in [-0.39, 0.29) is 39.3 Å². The number of aromatic nitrogens is 2. The van der Waals surface area contributed by atoms with Crippen molar-refractivity contribution >= 4 is 38.2 Å². The molecule has 1 atom stereocenters. The summed E-state index contributed by atoms with van der Waals surface area (Å²) >= 11 is 0. The van der Waals surface area contributed by atoms with Crippen molar-refractivity contribution in [2.75, 3.05) is 11.6 Å². The first-order valence-electron chi connectivity index (χ1n) is 9.77. The van der Waals surface area contributed by atoms with Crippen molar-refractivity contribution < 1.29 is 35.4 Å². The zero-order valence-corrected chi connectivity index (χ0v) is 18.6. The number of nitrogens with zero attached hydrogens (tertiary/aromatic N) is 3. The van der Waals surface area contributed by atoms with Gasteiger partial charge in [-0.3, -0.25) is 4.79 Å². The average molecular weight is 510 g/mol. The van der Waals surface area contributed by atoms with Crippen molar-refractivity contribution in [3.63, 3.8) is 0 Å². The van der Waals surface area contributed by atoms with Crippen molar-refractivity contribution in [1.29, 1.82) is 0 Å². The molecule has 35 heavy (non-hydrogen) atoms. The number of rotatable bonds is 5. The molecule has 4 rings (SSSR count). The first-order valence-corrected chi connectivity index (χ1v) is 11.9. The number of fused-ring (bicyclic) bond motifs is 1. The molecule has 0 fully saturated rings. The summed E-state index contributed by atoms with van der Waals surface area (Å²) in [5.74, 6) is -3.78. The number of alkyl halides is 3. The van der Waals surface area contributed by atoms with E-state index >= 15 is 0 Å². The quantitative estimate of drug-likeness (QED) is 0.351. The molecular weight excluding hydrogens is 495 g/mol. The second kappa shape index (κ2) is 9.06. The monoisotopic (exact) mass is 510 g/mol. The minimum absolute atomic E-state index is 0.0691. The van der Waals surface area contributed by atoms with Gasteiger partial charge in [0.15, 0.2) is 0 Å². The summed E-state index contributed by atoms with van der Waals surface area (Å²) in [4.78, 5) is 19.1. The van der Waals surface area contributed by atoms with Gasteiger partial charge in [0.2, 0.25) is 0 Å². The lowest BCUT2D eigenvalue weighted by atomic mass is 10.0. The second-order valence-corrected chi connectivity index (χ2v) is 9.87. The van der Waals surface area contributed by atoms with Gasteiger partial charge in [0.25, 0.3) is 0 Å². The smallest absolute Gasteiger partial charge is 0.464 e. The molecule has 0 aliphatic rings. The number of carbonyl (C=O) groups is 1. The van der Waals surface area contributed by atoms with E-state index in [1.165, 1.54) is 48.9 Å². The first kappa shape index (κ1) is 24.3. The van der Waals surface area contributed by atoms with Gasteiger partial charge in [-0.05, 0) is 42.0 Å². The molecule has 0 saturated heterocycles. The fourth-order valence-corrected chi connectivity index (χ4v) is 4.60. The maximum atomic E-state index is 14.6. The minimum atomic E-state index is -5.22. The predicted octanol–water partition coefficient (Wildman–Crippen LogP) is 5.60. The second-order valence-electron chi connectivity index (χ2n) is 7.48. The van der Waals surface area contributed by atoms with E-state index in [9.17, 15) is 31.0 Å². The van der Waals surface area contributed by atoms with Gasteiger partial charge < -0.3 is 9.73 Å². The largest absolute Gasteiger partial charge is 0.474 e.